The Kier molecular flexibility index (Phi) is 5.54. The Labute approximate surface area is 118 Å². The Morgan fingerprint density at radius 3 is 2.56 bits per heavy atom. The monoisotopic (exact) mass is 311 g/mol. The maximum atomic E-state index is 11.5. The normalized spacial score (nSPS) is 19.1. The van der Waals surface area contributed by atoms with Crippen LogP contribution < -0.4 is 21.5 Å². The Morgan fingerprint density at radius 2 is 2.00 bits per heavy atom. The van der Waals surface area contributed by atoms with E-state index in [4.69, 9.17) is 4.74 Å². The highest BCUT2D eigenvalue weighted by molar-refractivity contribution is 5.73. The average molecular weight is 312 g/mol. The van der Waals surface area contributed by atoms with Crippen molar-refractivity contribution in [3.05, 3.63) is 36.2 Å². The molecular weight excluding hydrogens is 294 g/mol. The van der Waals surface area contributed by atoms with Crippen molar-refractivity contribution in [2.24, 2.45) is 5.92 Å². The first-order valence-corrected chi connectivity index (χ1v) is 5.95. The van der Waals surface area contributed by atoms with Crippen molar-refractivity contribution < 1.29 is 31.1 Å². The Bertz CT molecular complexity index is 442. The number of carbonyl (C=O) groups is 1. The number of hydrogen-bond donors (Lipinski definition) is 0. The number of aromatic nitrogens is 1. The predicted octanol–water partition coefficient (Wildman–Crippen LogP) is -0.818. The number of rotatable bonds is 2. The molecular formula is C14H18BrNO2. The van der Waals surface area contributed by atoms with Gasteiger partial charge in [0.25, 0.3) is 0 Å². The summed E-state index contributed by atoms with van der Waals surface area (Å²) in [7, 11) is 1.46. The summed E-state index contributed by atoms with van der Waals surface area (Å²) in [4.78, 5) is 11.5. The molecule has 1 aliphatic carbocycles. The van der Waals surface area contributed by atoms with Crippen molar-refractivity contribution in [2.45, 2.75) is 26.2 Å². The fraction of sp³-hybridized carbons (Fsp3) is 0.429. The summed E-state index contributed by atoms with van der Waals surface area (Å²) in [5, 5.41) is 0. The van der Waals surface area contributed by atoms with Gasteiger partial charge in [0.15, 0.2) is 18.1 Å². The van der Waals surface area contributed by atoms with Crippen molar-refractivity contribution >= 4 is 11.7 Å². The van der Waals surface area contributed by atoms with Gasteiger partial charge in [0.1, 0.15) is 0 Å². The van der Waals surface area contributed by atoms with E-state index in [9.17, 15) is 4.79 Å². The van der Waals surface area contributed by atoms with Crippen molar-refractivity contribution in [1.29, 1.82) is 0 Å². The van der Waals surface area contributed by atoms with Gasteiger partial charge in [-0.1, -0.05) is 6.07 Å². The van der Waals surface area contributed by atoms with Gasteiger partial charge in [0.2, 0.25) is 0 Å². The van der Waals surface area contributed by atoms with E-state index in [1.54, 1.807) is 0 Å². The van der Waals surface area contributed by atoms with Crippen LogP contribution >= 0.6 is 0 Å². The zero-order chi connectivity index (χ0) is 12.3. The molecule has 1 atom stereocenters. The second-order valence-electron chi connectivity index (χ2n) is 4.47. The van der Waals surface area contributed by atoms with E-state index < -0.39 is 0 Å². The Morgan fingerprint density at radius 1 is 1.33 bits per heavy atom. The summed E-state index contributed by atoms with van der Waals surface area (Å²) in [6, 6.07) is 6.05. The highest BCUT2D eigenvalue weighted by Gasteiger charge is 2.29. The number of pyridine rings is 1. The van der Waals surface area contributed by atoms with Crippen LogP contribution in [0.5, 0.6) is 0 Å². The number of carbonyl (C=O) groups excluding carboxylic acids is 1. The maximum Gasteiger partial charge on any atom is 0.308 e. The largest absolute Gasteiger partial charge is 1.00 e. The first kappa shape index (κ1) is 14.9. The van der Waals surface area contributed by atoms with Crippen molar-refractivity contribution in [2.75, 3.05) is 7.11 Å². The summed E-state index contributed by atoms with van der Waals surface area (Å²) in [6.07, 6.45) is 6.72. The molecule has 98 valence electrons. The lowest BCUT2D eigenvalue weighted by atomic mass is 9.87. The van der Waals surface area contributed by atoms with Crippen molar-refractivity contribution in [1.82, 2.24) is 0 Å². The SMILES string of the molecule is COC(=O)C1CCC([n+]2ccccc2)=C(C)C1.[Br-]. The smallest absolute Gasteiger partial charge is 0.308 e. The highest BCUT2D eigenvalue weighted by atomic mass is 79.9. The van der Waals surface area contributed by atoms with E-state index in [0.29, 0.717) is 0 Å². The number of nitrogens with zero attached hydrogens (tertiary/aromatic N) is 1. The molecule has 3 nitrogen and oxygen atoms in total. The summed E-state index contributed by atoms with van der Waals surface area (Å²) >= 11 is 0. The van der Waals surface area contributed by atoms with Gasteiger partial charge in [-0.2, -0.15) is 4.57 Å². The molecule has 0 amide bonds. The third-order valence-corrected chi connectivity index (χ3v) is 3.34. The number of allylic oxidation sites excluding steroid dienone is 2. The van der Waals surface area contributed by atoms with Crippen LogP contribution in [0.15, 0.2) is 36.2 Å². The van der Waals surface area contributed by atoms with Gasteiger partial charge in [-0.05, 0) is 25.3 Å². The fourth-order valence-electron chi connectivity index (χ4n) is 2.41. The molecule has 0 N–H and O–H groups in total. The molecule has 1 heterocycles. The van der Waals surface area contributed by atoms with E-state index in [2.05, 4.69) is 23.9 Å². The molecule has 0 saturated heterocycles. The molecule has 0 aromatic carbocycles. The Hall–Kier alpha value is -1.16. The standard InChI is InChI=1S/C14H18NO2.BrH/c1-11-10-12(14(16)17-2)6-7-13(11)15-8-4-3-5-9-15;/h3-5,8-9,12H,6-7,10H2,1-2H3;1H/q+1;/p-1. The van der Waals surface area contributed by atoms with Crippen LogP contribution in [-0.4, -0.2) is 13.1 Å². The van der Waals surface area contributed by atoms with Gasteiger partial charge in [-0.15, -0.1) is 0 Å². The molecule has 0 fully saturated rings. The fourth-order valence-corrected chi connectivity index (χ4v) is 2.41. The topological polar surface area (TPSA) is 30.2 Å². The lowest BCUT2D eigenvalue weighted by Crippen LogP contribution is -3.00. The van der Waals surface area contributed by atoms with Crippen LogP contribution in [0.25, 0.3) is 5.70 Å². The zero-order valence-electron chi connectivity index (χ0n) is 10.7. The van der Waals surface area contributed by atoms with Crippen molar-refractivity contribution in [3.63, 3.8) is 0 Å². The number of methoxy groups -OCH3 is 1. The molecule has 1 unspecified atom stereocenters. The molecule has 1 aliphatic rings. The van der Waals surface area contributed by atoms with E-state index in [1.807, 2.05) is 18.2 Å². The van der Waals surface area contributed by atoms with Gasteiger partial charge < -0.3 is 21.7 Å². The summed E-state index contributed by atoms with van der Waals surface area (Å²) < 4.78 is 6.95. The second-order valence-corrected chi connectivity index (χ2v) is 4.47. The quantitative estimate of drug-likeness (QED) is 0.528. The predicted molar refractivity (Wildman–Crippen MR) is 64.9 cm³/mol. The lowest BCUT2D eigenvalue weighted by molar-refractivity contribution is -0.584. The molecule has 1 aromatic heterocycles. The minimum atomic E-state index is -0.0820. The van der Waals surface area contributed by atoms with Gasteiger partial charge in [0, 0.05) is 18.6 Å². The molecule has 1 aromatic rings. The maximum absolute atomic E-state index is 11.5. The van der Waals surface area contributed by atoms with Gasteiger partial charge in [-0.3, -0.25) is 4.79 Å². The summed E-state index contributed by atoms with van der Waals surface area (Å²) in [5.41, 5.74) is 2.59. The van der Waals surface area contributed by atoms with E-state index in [1.165, 1.54) is 18.4 Å². The van der Waals surface area contributed by atoms with E-state index in [-0.39, 0.29) is 28.9 Å². The van der Waals surface area contributed by atoms with Crippen molar-refractivity contribution in [3.8, 4) is 0 Å². The molecule has 0 radical (unpaired) electrons. The van der Waals surface area contributed by atoms with Crippen LogP contribution in [0.2, 0.25) is 0 Å². The molecule has 0 aliphatic heterocycles. The first-order chi connectivity index (χ1) is 8.22. The highest BCUT2D eigenvalue weighted by Crippen LogP contribution is 2.29. The molecule has 4 heteroatoms. The number of halogens is 1. The third kappa shape index (κ3) is 3.19. The minimum Gasteiger partial charge on any atom is -1.00 e. The molecule has 18 heavy (non-hydrogen) atoms. The third-order valence-electron chi connectivity index (χ3n) is 3.34. The van der Waals surface area contributed by atoms with E-state index in [0.717, 1.165) is 19.3 Å². The number of esters is 1. The molecule has 0 saturated carbocycles. The lowest BCUT2D eigenvalue weighted by Gasteiger charge is -2.20. The van der Waals surface area contributed by atoms with Crippen LogP contribution in [0.4, 0.5) is 0 Å². The second kappa shape index (κ2) is 6.69. The van der Waals surface area contributed by atoms with Crippen LogP contribution in [0.1, 0.15) is 26.2 Å². The Balaban J connectivity index is 0.00000162. The zero-order valence-corrected chi connectivity index (χ0v) is 12.3. The average Bonchev–Trinajstić information content (AvgIpc) is 2.38. The number of hydrogen-bond acceptors (Lipinski definition) is 2. The van der Waals surface area contributed by atoms with Crippen LogP contribution in [0, 0.1) is 5.92 Å². The first-order valence-electron chi connectivity index (χ1n) is 5.95. The summed E-state index contributed by atoms with van der Waals surface area (Å²) in [5.74, 6) is -0.0467. The summed E-state index contributed by atoms with van der Waals surface area (Å²) in [6.45, 7) is 2.10. The molecule has 0 spiro atoms. The van der Waals surface area contributed by atoms with Crippen LogP contribution in [-0.2, 0) is 9.53 Å². The number of ether oxygens (including phenoxy) is 1. The van der Waals surface area contributed by atoms with Gasteiger partial charge in [0.05, 0.1) is 13.0 Å². The molecule has 0 bridgehead atoms. The van der Waals surface area contributed by atoms with Crippen LogP contribution in [0.3, 0.4) is 0 Å². The van der Waals surface area contributed by atoms with Gasteiger partial charge in [-0.25, -0.2) is 0 Å². The van der Waals surface area contributed by atoms with E-state index >= 15 is 0 Å². The van der Waals surface area contributed by atoms with Gasteiger partial charge >= 0.3 is 5.97 Å². The minimum absolute atomic E-state index is 0. The molecule has 2 rings (SSSR count).